The number of hydrogen-bond acceptors (Lipinski definition) is 4. The predicted molar refractivity (Wildman–Crippen MR) is 124 cm³/mol. The van der Waals surface area contributed by atoms with E-state index in [0.717, 1.165) is 64.9 Å². The van der Waals surface area contributed by atoms with Crippen molar-refractivity contribution in [1.29, 1.82) is 0 Å². The summed E-state index contributed by atoms with van der Waals surface area (Å²) in [5, 5.41) is 6.93. The van der Waals surface area contributed by atoms with Crippen LogP contribution in [0.2, 0.25) is 0 Å². The first-order valence-corrected chi connectivity index (χ1v) is 11.4. The lowest BCUT2D eigenvalue weighted by Gasteiger charge is -2.33. The van der Waals surface area contributed by atoms with Gasteiger partial charge in [-0.25, -0.2) is 0 Å². The van der Waals surface area contributed by atoms with Crippen LogP contribution in [-0.2, 0) is 4.79 Å². The third-order valence-electron chi connectivity index (χ3n) is 6.04. The van der Waals surface area contributed by atoms with Gasteiger partial charge in [0.1, 0.15) is 0 Å². The highest BCUT2D eigenvalue weighted by atomic mass is 16.2. The van der Waals surface area contributed by atoms with Gasteiger partial charge < -0.3 is 20.4 Å². The van der Waals surface area contributed by atoms with Gasteiger partial charge in [-0.1, -0.05) is 12.1 Å². The average Bonchev–Trinajstić information content (AvgIpc) is 3.29. The highest BCUT2D eigenvalue weighted by Gasteiger charge is 2.18. The van der Waals surface area contributed by atoms with Crippen LogP contribution in [0.3, 0.4) is 0 Å². The van der Waals surface area contributed by atoms with Crippen LogP contribution in [0, 0.1) is 0 Å². The zero-order valence-electron chi connectivity index (χ0n) is 18.9. The van der Waals surface area contributed by atoms with Gasteiger partial charge in [-0.3, -0.25) is 14.7 Å². The lowest BCUT2D eigenvalue weighted by atomic mass is 10.1. The SMILES string of the molecule is CCNC(=NCCN1CCN(C(C)=O)CC1)NC(C)c1cccc(N2CCCC2)c1. The fourth-order valence-corrected chi connectivity index (χ4v) is 4.16. The molecule has 2 fully saturated rings. The van der Waals surface area contributed by atoms with E-state index in [0.29, 0.717) is 0 Å². The van der Waals surface area contributed by atoms with E-state index in [1.54, 1.807) is 6.92 Å². The molecule has 1 aromatic rings. The van der Waals surface area contributed by atoms with Gasteiger partial charge in [-0.15, -0.1) is 0 Å². The molecule has 0 spiro atoms. The van der Waals surface area contributed by atoms with E-state index in [1.807, 2.05) is 4.90 Å². The maximum Gasteiger partial charge on any atom is 0.219 e. The molecule has 2 aliphatic heterocycles. The Balaban J connectivity index is 1.52. The molecule has 3 rings (SSSR count). The Morgan fingerprint density at radius 3 is 2.53 bits per heavy atom. The van der Waals surface area contributed by atoms with Crippen LogP contribution in [-0.4, -0.2) is 80.6 Å². The average molecular weight is 415 g/mol. The van der Waals surface area contributed by atoms with Crippen LogP contribution in [0.5, 0.6) is 0 Å². The molecule has 2 aliphatic rings. The summed E-state index contributed by atoms with van der Waals surface area (Å²) in [6.07, 6.45) is 2.58. The molecule has 7 heteroatoms. The minimum Gasteiger partial charge on any atom is -0.372 e. The molecular formula is C23H38N6O. The molecule has 1 unspecified atom stereocenters. The molecule has 166 valence electrons. The predicted octanol–water partition coefficient (Wildman–Crippen LogP) is 2.07. The third-order valence-corrected chi connectivity index (χ3v) is 6.04. The lowest BCUT2D eigenvalue weighted by Crippen LogP contribution is -2.48. The van der Waals surface area contributed by atoms with Gasteiger partial charge in [-0.05, 0) is 44.4 Å². The maximum atomic E-state index is 11.5. The summed E-state index contributed by atoms with van der Waals surface area (Å²) in [7, 11) is 0. The highest BCUT2D eigenvalue weighted by Crippen LogP contribution is 2.23. The lowest BCUT2D eigenvalue weighted by molar-refractivity contribution is -0.130. The molecule has 1 amide bonds. The van der Waals surface area contributed by atoms with Gasteiger partial charge in [0.05, 0.1) is 12.6 Å². The van der Waals surface area contributed by atoms with Gasteiger partial charge in [0.15, 0.2) is 5.96 Å². The molecule has 0 aliphatic carbocycles. The van der Waals surface area contributed by atoms with Gasteiger partial charge in [-0.2, -0.15) is 0 Å². The summed E-state index contributed by atoms with van der Waals surface area (Å²) in [6.45, 7) is 14.3. The summed E-state index contributed by atoms with van der Waals surface area (Å²) in [4.78, 5) is 23.0. The van der Waals surface area contributed by atoms with Gasteiger partial charge in [0, 0.05) is 65.0 Å². The molecular weight excluding hydrogens is 376 g/mol. The second kappa shape index (κ2) is 11.2. The zero-order valence-corrected chi connectivity index (χ0v) is 18.9. The van der Waals surface area contributed by atoms with Crippen molar-refractivity contribution in [3.63, 3.8) is 0 Å². The molecule has 2 heterocycles. The summed E-state index contributed by atoms with van der Waals surface area (Å²) in [6, 6.07) is 9.05. The van der Waals surface area contributed by atoms with Crippen molar-refractivity contribution in [1.82, 2.24) is 20.4 Å². The van der Waals surface area contributed by atoms with Crippen molar-refractivity contribution < 1.29 is 4.79 Å². The van der Waals surface area contributed by atoms with Crippen molar-refractivity contribution in [3.8, 4) is 0 Å². The number of carbonyl (C=O) groups is 1. The van der Waals surface area contributed by atoms with E-state index < -0.39 is 0 Å². The van der Waals surface area contributed by atoms with Crippen LogP contribution >= 0.6 is 0 Å². The van der Waals surface area contributed by atoms with Crippen LogP contribution in [0.15, 0.2) is 29.3 Å². The number of carbonyl (C=O) groups excluding carboxylic acids is 1. The molecule has 2 N–H and O–H groups in total. The Kier molecular flexibility index (Phi) is 8.37. The van der Waals surface area contributed by atoms with E-state index in [-0.39, 0.29) is 11.9 Å². The topological polar surface area (TPSA) is 63.2 Å². The molecule has 0 bridgehead atoms. The maximum absolute atomic E-state index is 11.5. The molecule has 0 saturated carbocycles. The number of aliphatic imine (C=N–C) groups is 1. The van der Waals surface area contributed by atoms with Crippen molar-refractivity contribution >= 4 is 17.6 Å². The van der Waals surface area contributed by atoms with E-state index in [4.69, 9.17) is 4.99 Å². The van der Waals surface area contributed by atoms with Gasteiger partial charge in [0.25, 0.3) is 0 Å². The fourth-order valence-electron chi connectivity index (χ4n) is 4.16. The Hall–Kier alpha value is -2.28. The molecule has 7 nitrogen and oxygen atoms in total. The quantitative estimate of drug-likeness (QED) is 0.528. The van der Waals surface area contributed by atoms with Crippen LogP contribution in [0.1, 0.15) is 45.2 Å². The standard InChI is InChI=1S/C23H38N6O/c1-4-24-23(25-10-13-27-14-16-28(17-15-27)20(3)30)26-19(2)21-8-7-9-22(18-21)29-11-5-6-12-29/h7-9,18-19H,4-6,10-17H2,1-3H3,(H2,24,25,26). The van der Waals surface area contributed by atoms with Gasteiger partial charge >= 0.3 is 0 Å². The number of rotatable bonds is 7. The molecule has 1 atom stereocenters. The third kappa shape index (κ3) is 6.36. The van der Waals surface area contributed by atoms with E-state index in [1.165, 1.54) is 24.1 Å². The number of piperazine rings is 1. The minimum absolute atomic E-state index is 0.175. The summed E-state index contributed by atoms with van der Waals surface area (Å²) < 4.78 is 0. The van der Waals surface area contributed by atoms with Crippen molar-refractivity contribution in [2.45, 2.75) is 39.7 Å². The fraction of sp³-hybridized carbons (Fsp3) is 0.652. The summed E-state index contributed by atoms with van der Waals surface area (Å²) in [5.41, 5.74) is 2.61. The van der Waals surface area contributed by atoms with Gasteiger partial charge in [0.2, 0.25) is 5.91 Å². The first kappa shape index (κ1) is 22.4. The largest absolute Gasteiger partial charge is 0.372 e. The number of anilines is 1. The van der Waals surface area contributed by atoms with Crippen molar-refractivity contribution in [2.24, 2.45) is 4.99 Å². The number of amides is 1. The second-order valence-corrected chi connectivity index (χ2v) is 8.26. The smallest absolute Gasteiger partial charge is 0.219 e. The Morgan fingerprint density at radius 1 is 1.13 bits per heavy atom. The summed E-state index contributed by atoms with van der Waals surface area (Å²) >= 11 is 0. The number of hydrogen-bond donors (Lipinski definition) is 2. The van der Waals surface area contributed by atoms with Crippen LogP contribution in [0.4, 0.5) is 5.69 Å². The monoisotopic (exact) mass is 414 g/mol. The molecule has 30 heavy (non-hydrogen) atoms. The minimum atomic E-state index is 0.175. The normalized spacial score (nSPS) is 19.1. The summed E-state index contributed by atoms with van der Waals surface area (Å²) in [5.74, 6) is 1.04. The second-order valence-electron chi connectivity index (χ2n) is 8.26. The van der Waals surface area contributed by atoms with Crippen LogP contribution in [0.25, 0.3) is 0 Å². The highest BCUT2D eigenvalue weighted by molar-refractivity contribution is 5.80. The first-order valence-electron chi connectivity index (χ1n) is 11.4. The molecule has 2 saturated heterocycles. The Labute approximate surface area is 181 Å². The van der Waals surface area contributed by atoms with Crippen LogP contribution < -0.4 is 15.5 Å². The zero-order chi connectivity index (χ0) is 21.3. The number of nitrogens with zero attached hydrogens (tertiary/aromatic N) is 4. The Bertz CT molecular complexity index is 707. The number of nitrogens with one attached hydrogen (secondary N) is 2. The Morgan fingerprint density at radius 2 is 1.87 bits per heavy atom. The number of benzene rings is 1. The number of guanidine groups is 1. The van der Waals surface area contributed by atoms with Crippen molar-refractivity contribution in [3.05, 3.63) is 29.8 Å². The van der Waals surface area contributed by atoms with E-state index in [2.05, 4.69) is 58.5 Å². The first-order chi connectivity index (χ1) is 14.6. The van der Waals surface area contributed by atoms with E-state index in [9.17, 15) is 4.79 Å². The molecule has 1 aromatic carbocycles. The van der Waals surface area contributed by atoms with E-state index >= 15 is 0 Å². The molecule has 0 radical (unpaired) electrons. The van der Waals surface area contributed by atoms with Crippen molar-refractivity contribution in [2.75, 3.05) is 63.8 Å². The molecule has 0 aromatic heterocycles.